The number of ketones is 1. The summed E-state index contributed by atoms with van der Waals surface area (Å²) in [5.41, 5.74) is 5.14. The van der Waals surface area contributed by atoms with Crippen LogP contribution >= 0.6 is 27.5 Å². The van der Waals surface area contributed by atoms with Gasteiger partial charge in [-0.3, -0.25) is 14.7 Å². The number of hydrogen-bond donors (Lipinski definition) is 0. The second-order valence-electron chi connectivity index (χ2n) is 7.91. The van der Waals surface area contributed by atoms with Gasteiger partial charge >= 0.3 is 0 Å². The van der Waals surface area contributed by atoms with Gasteiger partial charge in [-0.15, -0.1) is 0 Å². The molecule has 2 heterocycles. The number of Topliss-reactive ketones (excluding diaryl/α,β-unsaturated/α-hetero) is 1. The van der Waals surface area contributed by atoms with Gasteiger partial charge in [-0.2, -0.15) is 0 Å². The van der Waals surface area contributed by atoms with E-state index in [2.05, 4.69) is 46.1 Å². The van der Waals surface area contributed by atoms with Crippen LogP contribution in [0.25, 0.3) is 0 Å². The summed E-state index contributed by atoms with van der Waals surface area (Å²) >= 11 is 9.89. The number of likely N-dealkylation sites (N-methyl/N-ethyl adjacent to an activating group) is 1. The molecule has 0 N–H and O–H groups in total. The number of aryl methyl sites for hydroxylation is 2. The highest BCUT2D eigenvalue weighted by atomic mass is 79.9. The molecule has 1 aliphatic carbocycles. The van der Waals surface area contributed by atoms with Gasteiger partial charge in [-0.05, 0) is 103 Å². The second-order valence-corrected chi connectivity index (χ2v) is 9.26. The molecule has 1 unspecified atom stereocenters. The SMILES string of the molecule is CC(=O)[C@H]1CC([C@H]2c3ccc(Cl)cc3CCc3cc(Br)cnc32)CCN1C. The van der Waals surface area contributed by atoms with Crippen LogP contribution in [0.4, 0.5) is 0 Å². The van der Waals surface area contributed by atoms with Crippen molar-refractivity contribution in [3.05, 3.63) is 62.3 Å². The predicted molar refractivity (Wildman–Crippen MR) is 112 cm³/mol. The van der Waals surface area contributed by atoms with E-state index < -0.39 is 0 Å². The Balaban J connectivity index is 1.82. The molecule has 0 saturated carbocycles. The van der Waals surface area contributed by atoms with Gasteiger partial charge in [0.15, 0.2) is 0 Å². The van der Waals surface area contributed by atoms with Crippen molar-refractivity contribution in [2.75, 3.05) is 13.6 Å². The molecule has 1 saturated heterocycles. The summed E-state index contributed by atoms with van der Waals surface area (Å²) < 4.78 is 1.02. The monoisotopic (exact) mass is 446 g/mol. The maximum Gasteiger partial charge on any atom is 0.146 e. The van der Waals surface area contributed by atoms with Crippen LogP contribution in [0.5, 0.6) is 0 Å². The topological polar surface area (TPSA) is 33.2 Å². The Kier molecular flexibility index (Phi) is 5.41. The summed E-state index contributed by atoms with van der Waals surface area (Å²) in [5.74, 6) is 0.884. The van der Waals surface area contributed by atoms with Crippen LogP contribution in [-0.4, -0.2) is 35.3 Å². The Morgan fingerprint density at radius 2 is 2.04 bits per heavy atom. The minimum atomic E-state index is 0.00153. The first kappa shape index (κ1) is 19.1. The third kappa shape index (κ3) is 3.72. The zero-order chi connectivity index (χ0) is 19.1. The first-order chi connectivity index (χ1) is 12.9. The molecule has 0 spiro atoms. The van der Waals surface area contributed by atoms with Crippen molar-refractivity contribution in [3.8, 4) is 0 Å². The molecular formula is C22H24BrClN2O. The summed E-state index contributed by atoms with van der Waals surface area (Å²) in [4.78, 5) is 19.3. The van der Waals surface area contributed by atoms with Gasteiger partial charge in [-0.25, -0.2) is 0 Å². The number of carbonyl (C=O) groups is 1. The predicted octanol–water partition coefficient (Wildman–Crippen LogP) is 5.03. The number of rotatable bonds is 2. The van der Waals surface area contributed by atoms with Gasteiger partial charge in [0, 0.05) is 21.6 Å². The van der Waals surface area contributed by atoms with E-state index in [-0.39, 0.29) is 17.7 Å². The summed E-state index contributed by atoms with van der Waals surface area (Å²) in [5, 5.41) is 0.789. The minimum Gasteiger partial charge on any atom is -0.298 e. The van der Waals surface area contributed by atoms with Crippen LogP contribution in [0.15, 0.2) is 34.9 Å². The summed E-state index contributed by atoms with van der Waals surface area (Å²) in [7, 11) is 2.06. The van der Waals surface area contributed by atoms with Gasteiger partial charge in [0.2, 0.25) is 0 Å². The van der Waals surface area contributed by atoms with Crippen molar-refractivity contribution in [3.63, 3.8) is 0 Å². The lowest BCUT2D eigenvalue weighted by Crippen LogP contribution is -2.45. The molecule has 4 rings (SSSR count). The maximum atomic E-state index is 12.2. The van der Waals surface area contributed by atoms with Crippen molar-refractivity contribution < 1.29 is 4.79 Å². The van der Waals surface area contributed by atoms with Crippen molar-refractivity contribution >= 4 is 33.3 Å². The molecule has 0 amide bonds. The van der Waals surface area contributed by atoms with Crippen LogP contribution < -0.4 is 0 Å². The van der Waals surface area contributed by atoms with Crippen LogP contribution in [0, 0.1) is 5.92 Å². The molecule has 1 aromatic carbocycles. The van der Waals surface area contributed by atoms with Crippen LogP contribution in [0.1, 0.15) is 48.1 Å². The third-order valence-electron chi connectivity index (χ3n) is 6.22. The number of pyridine rings is 1. The molecule has 1 fully saturated rings. The van der Waals surface area contributed by atoms with E-state index in [1.165, 1.54) is 22.4 Å². The lowest BCUT2D eigenvalue weighted by Gasteiger charge is -2.39. The Hall–Kier alpha value is -1.23. The molecule has 2 aromatic rings. The van der Waals surface area contributed by atoms with E-state index in [0.29, 0.717) is 5.92 Å². The number of piperidine rings is 1. The van der Waals surface area contributed by atoms with Crippen LogP contribution in [-0.2, 0) is 17.6 Å². The Bertz CT molecular complexity index is 831. The normalized spacial score (nSPS) is 25.4. The van der Waals surface area contributed by atoms with E-state index in [1.807, 2.05) is 12.3 Å². The number of halogens is 2. The number of benzene rings is 1. The molecule has 1 aromatic heterocycles. The number of nitrogens with zero attached hydrogens (tertiary/aromatic N) is 2. The molecule has 5 heteroatoms. The average Bonchev–Trinajstić information content (AvgIpc) is 2.78. The number of aromatic nitrogens is 1. The summed E-state index contributed by atoms with van der Waals surface area (Å²) in [6.45, 7) is 2.66. The van der Waals surface area contributed by atoms with E-state index in [1.54, 1.807) is 6.92 Å². The van der Waals surface area contributed by atoms with E-state index >= 15 is 0 Å². The van der Waals surface area contributed by atoms with Crippen molar-refractivity contribution in [2.24, 2.45) is 5.92 Å². The van der Waals surface area contributed by atoms with Gasteiger partial charge in [0.1, 0.15) is 5.78 Å². The van der Waals surface area contributed by atoms with Crippen LogP contribution in [0.3, 0.4) is 0 Å². The van der Waals surface area contributed by atoms with Gasteiger partial charge in [-0.1, -0.05) is 17.7 Å². The summed E-state index contributed by atoms with van der Waals surface area (Å²) in [6, 6.07) is 8.50. The lowest BCUT2D eigenvalue weighted by molar-refractivity contribution is -0.123. The highest BCUT2D eigenvalue weighted by Gasteiger charge is 2.37. The van der Waals surface area contributed by atoms with E-state index in [0.717, 1.165) is 41.7 Å². The van der Waals surface area contributed by atoms with Crippen molar-refractivity contribution in [2.45, 2.75) is 44.6 Å². The Labute approximate surface area is 174 Å². The third-order valence-corrected chi connectivity index (χ3v) is 6.89. The van der Waals surface area contributed by atoms with Gasteiger partial charge < -0.3 is 0 Å². The molecule has 0 bridgehead atoms. The first-order valence-electron chi connectivity index (χ1n) is 9.57. The minimum absolute atomic E-state index is 0.00153. The molecule has 142 valence electrons. The molecular weight excluding hydrogens is 424 g/mol. The first-order valence-corrected chi connectivity index (χ1v) is 10.7. The molecule has 3 atom stereocenters. The number of hydrogen-bond acceptors (Lipinski definition) is 3. The lowest BCUT2D eigenvalue weighted by atomic mass is 9.74. The van der Waals surface area contributed by atoms with E-state index in [9.17, 15) is 4.79 Å². The van der Waals surface area contributed by atoms with Crippen molar-refractivity contribution in [1.82, 2.24) is 9.88 Å². The second kappa shape index (κ2) is 7.65. The Morgan fingerprint density at radius 3 is 2.81 bits per heavy atom. The molecule has 27 heavy (non-hydrogen) atoms. The van der Waals surface area contributed by atoms with Crippen LogP contribution in [0.2, 0.25) is 5.02 Å². The number of carbonyl (C=O) groups excluding carboxylic acids is 1. The number of fused-ring (bicyclic) bond motifs is 2. The quantitative estimate of drug-likeness (QED) is 0.647. The Morgan fingerprint density at radius 1 is 1.26 bits per heavy atom. The fraction of sp³-hybridized carbons (Fsp3) is 0.455. The largest absolute Gasteiger partial charge is 0.298 e. The molecule has 2 aliphatic rings. The number of likely N-dealkylation sites (tertiary alicyclic amines) is 1. The van der Waals surface area contributed by atoms with E-state index in [4.69, 9.17) is 16.6 Å². The van der Waals surface area contributed by atoms with Gasteiger partial charge in [0.05, 0.1) is 11.7 Å². The summed E-state index contributed by atoms with van der Waals surface area (Å²) in [6.07, 6.45) is 5.80. The standard InChI is InChI=1S/C22H24BrClN2O/c1-13(27)20-11-15(7-8-26(20)2)21-19-6-5-18(24)10-14(19)3-4-16-9-17(23)12-25-22(16)21/h5-6,9-10,12,15,20-21H,3-4,7-8,11H2,1-2H3/t15?,20-,21+/m1/s1. The molecule has 3 nitrogen and oxygen atoms in total. The fourth-order valence-corrected chi connectivity index (χ4v) is 5.42. The highest BCUT2D eigenvalue weighted by Crippen LogP contribution is 2.44. The highest BCUT2D eigenvalue weighted by molar-refractivity contribution is 9.10. The smallest absolute Gasteiger partial charge is 0.146 e. The zero-order valence-electron chi connectivity index (χ0n) is 15.7. The average molecular weight is 448 g/mol. The maximum absolute atomic E-state index is 12.2. The molecule has 0 radical (unpaired) electrons. The fourth-order valence-electron chi connectivity index (χ4n) is 4.85. The van der Waals surface area contributed by atoms with Crippen molar-refractivity contribution in [1.29, 1.82) is 0 Å². The molecule has 1 aliphatic heterocycles. The van der Waals surface area contributed by atoms with Gasteiger partial charge in [0.25, 0.3) is 0 Å². The zero-order valence-corrected chi connectivity index (χ0v) is 18.1.